The maximum absolute atomic E-state index is 10.9. The molecule has 0 aromatic carbocycles. The van der Waals surface area contributed by atoms with E-state index in [1.54, 1.807) is 0 Å². The van der Waals surface area contributed by atoms with Crippen molar-refractivity contribution in [3.05, 3.63) is 0 Å². The number of hydrogen-bond donors (Lipinski definition) is 1. The van der Waals surface area contributed by atoms with Crippen molar-refractivity contribution in [3.63, 3.8) is 0 Å². The van der Waals surface area contributed by atoms with Crippen molar-refractivity contribution >= 4 is 6.09 Å². The van der Waals surface area contributed by atoms with Crippen LogP contribution in [0.3, 0.4) is 0 Å². The van der Waals surface area contributed by atoms with Gasteiger partial charge >= 0.3 is 6.09 Å². The van der Waals surface area contributed by atoms with E-state index in [4.69, 9.17) is 9.47 Å². The number of alkyl carbamates (subject to hydrolysis) is 1. The molecule has 12 heavy (non-hydrogen) atoms. The summed E-state index contributed by atoms with van der Waals surface area (Å²) < 4.78 is 10.5. The molecule has 1 unspecified atom stereocenters. The number of hydrogen-bond acceptors (Lipinski definition) is 3. The number of ether oxygens (including phenoxy) is 2. The predicted octanol–water partition coefficient (Wildman–Crippen LogP) is 0.665. The Balaban J connectivity index is 2.03. The first-order valence-corrected chi connectivity index (χ1v) is 4.35. The monoisotopic (exact) mass is 171 g/mol. The standard InChI is InChI=1S/C8H13NO3/c10-7-9-6-8(12-7)2-1-4-11-5-3-8/h1-6H2,(H,9,10). The summed E-state index contributed by atoms with van der Waals surface area (Å²) in [6.07, 6.45) is 2.45. The van der Waals surface area contributed by atoms with Gasteiger partial charge in [-0.3, -0.25) is 0 Å². The van der Waals surface area contributed by atoms with Gasteiger partial charge in [-0.25, -0.2) is 4.79 Å². The van der Waals surface area contributed by atoms with Gasteiger partial charge in [-0.05, 0) is 12.8 Å². The Morgan fingerprint density at radius 2 is 2.25 bits per heavy atom. The number of nitrogens with one attached hydrogen (secondary N) is 1. The van der Waals surface area contributed by atoms with Crippen molar-refractivity contribution in [1.82, 2.24) is 5.32 Å². The Hall–Kier alpha value is -0.770. The Bertz CT molecular complexity index is 185. The summed E-state index contributed by atoms with van der Waals surface area (Å²) >= 11 is 0. The second kappa shape index (κ2) is 2.94. The first-order valence-electron chi connectivity index (χ1n) is 4.35. The lowest BCUT2D eigenvalue weighted by Crippen LogP contribution is -2.33. The minimum Gasteiger partial charge on any atom is -0.441 e. The molecule has 1 amide bonds. The molecule has 2 saturated heterocycles. The van der Waals surface area contributed by atoms with Gasteiger partial charge in [0.2, 0.25) is 0 Å². The predicted molar refractivity (Wildman–Crippen MR) is 41.9 cm³/mol. The third kappa shape index (κ3) is 1.39. The smallest absolute Gasteiger partial charge is 0.407 e. The Labute approximate surface area is 71.2 Å². The Morgan fingerprint density at radius 1 is 1.33 bits per heavy atom. The Morgan fingerprint density at radius 3 is 3.00 bits per heavy atom. The molecule has 0 bridgehead atoms. The molecule has 68 valence electrons. The molecule has 1 atom stereocenters. The normalized spacial score (nSPS) is 35.8. The van der Waals surface area contributed by atoms with Crippen LogP contribution in [0.15, 0.2) is 0 Å². The van der Waals surface area contributed by atoms with Crippen molar-refractivity contribution in [1.29, 1.82) is 0 Å². The van der Waals surface area contributed by atoms with Crippen LogP contribution in [0.1, 0.15) is 19.3 Å². The van der Waals surface area contributed by atoms with Gasteiger partial charge in [0.25, 0.3) is 0 Å². The molecule has 0 aromatic rings. The molecule has 2 aliphatic heterocycles. The first kappa shape index (κ1) is 7.86. The Kier molecular flexibility index (Phi) is 1.92. The van der Waals surface area contributed by atoms with Gasteiger partial charge in [0.05, 0.1) is 13.2 Å². The third-order valence-electron chi connectivity index (χ3n) is 2.49. The summed E-state index contributed by atoms with van der Waals surface area (Å²) in [4.78, 5) is 10.9. The average molecular weight is 171 g/mol. The lowest BCUT2D eigenvalue weighted by atomic mass is 9.95. The van der Waals surface area contributed by atoms with E-state index in [0.717, 1.165) is 25.9 Å². The summed E-state index contributed by atoms with van der Waals surface area (Å²) in [7, 11) is 0. The first-order chi connectivity index (χ1) is 5.81. The second-order valence-corrected chi connectivity index (χ2v) is 3.39. The molecule has 4 nitrogen and oxygen atoms in total. The minimum atomic E-state index is -0.281. The van der Waals surface area contributed by atoms with Crippen molar-refractivity contribution in [2.45, 2.75) is 24.9 Å². The van der Waals surface area contributed by atoms with Crippen LogP contribution in [0, 0.1) is 0 Å². The fourth-order valence-electron chi connectivity index (χ4n) is 1.76. The van der Waals surface area contributed by atoms with Gasteiger partial charge in [0.15, 0.2) is 0 Å². The molecule has 2 heterocycles. The molecule has 0 saturated carbocycles. The van der Waals surface area contributed by atoms with Crippen LogP contribution in [0.25, 0.3) is 0 Å². The van der Waals surface area contributed by atoms with Crippen LogP contribution >= 0.6 is 0 Å². The zero-order chi connectivity index (χ0) is 8.44. The zero-order valence-electron chi connectivity index (χ0n) is 6.97. The van der Waals surface area contributed by atoms with Gasteiger partial charge in [-0.2, -0.15) is 0 Å². The highest BCUT2D eigenvalue weighted by Crippen LogP contribution is 2.28. The van der Waals surface area contributed by atoms with Crippen molar-refractivity contribution in [3.8, 4) is 0 Å². The molecular formula is C8H13NO3. The zero-order valence-corrected chi connectivity index (χ0v) is 6.97. The number of carbonyl (C=O) groups is 1. The maximum Gasteiger partial charge on any atom is 0.407 e. The molecule has 0 aromatic heterocycles. The van der Waals surface area contributed by atoms with Crippen molar-refractivity contribution in [2.75, 3.05) is 19.8 Å². The summed E-state index contributed by atoms with van der Waals surface area (Å²) in [5.74, 6) is 0. The lowest BCUT2D eigenvalue weighted by Gasteiger charge is -2.23. The number of carbonyl (C=O) groups excluding carboxylic acids is 1. The molecule has 2 rings (SSSR count). The summed E-state index contributed by atoms with van der Waals surface area (Å²) in [6.45, 7) is 2.14. The van der Waals surface area contributed by atoms with E-state index >= 15 is 0 Å². The maximum atomic E-state index is 10.9. The third-order valence-corrected chi connectivity index (χ3v) is 2.49. The van der Waals surface area contributed by atoms with Crippen molar-refractivity contribution < 1.29 is 14.3 Å². The van der Waals surface area contributed by atoms with E-state index in [1.807, 2.05) is 0 Å². The molecule has 0 radical (unpaired) electrons. The molecule has 0 aliphatic carbocycles. The second-order valence-electron chi connectivity index (χ2n) is 3.39. The van der Waals surface area contributed by atoms with E-state index in [1.165, 1.54) is 0 Å². The SMILES string of the molecule is O=C1NCC2(CCCOCC2)O1. The fourth-order valence-corrected chi connectivity index (χ4v) is 1.76. The molecule has 4 heteroatoms. The molecule has 1 N–H and O–H groups in total. The van der Waals surface area contributed by atoms with Crippen LogP contribution in [0.4, 0.5) is 4.79 Å². The van der Waals surface area contributed by atoms with Crippen LogP contribution < -0.4 is 5.32 Å². The van der Waals surface area contributed by atoms with E-state index in [-0.39, 0.29) is 11.7 Å². The van der Waals surface area contributed by atoms with E-state index in [9.17, 15) is 4.79 Å². The lowest BCUT2D eigenvalue weighted by molar-refractivity contribution is 0.0376. The van der Waals surface area contributed by atoms with E-state index in [2.05, 4.69) is 5.32 Å². The van der Waals surface area contributed by atoms with Gasteiger partial charge in [0, 0.05) is 13.0 Å². The van der Waals surface area contributed by atoms with Gasteiger partial charge in [-0.15, -0.1) is 0 Å². The molecule has 1 spiro atoms. The van der Waals surface area contributed by atoms with Gasteiger partial charge in [-0.1, -0.05) is 0 Å². The van der Waals surface area contributed by atoms with E-state index < -0.39 is 0 Å². The van der Waals surface area contributed by atoms with Crippen molar-refractivity contribution in [2.24, 2.45) is 0 Å². The highest BCUT2D eigenvalue weighted by molar-refractivity contribution is 5.70. The average Bonchev–Trinajstić information content (AvgIpc) is 2.30. The van der Waals surface area contributed by atoms with Gasteiger partial charge in [0.1, 0.15) is 5.60 Å². The van der Waals surface area contributed by atoms with Crippen LogP contribution in [-0.2, 0) is 9.47 Å². The summed E-state index contributed by atoms with van der Waals surface area (Å²) in [5.41, 5.74) is -0.256. The summed E-state index contributed by atoms with van der Waals surface area (Å²) in [5, 5.41) is 2.69. The fraction of sp³-hybridized carbons (Fsp3) is 0.875. The molecule has 2 fully saturated rings. The summed E-state index contributed by atoms with van der Waals surface area (Å²) in [6, 6.07) is 0. The minimum absolute atomic E-state index is 0.256. The number of amides is 1. The topological polar surface area (TPSA) is 47.6 Å². The highest BCUT2D eigenvalue weighted by atomic mass is 16.6. The van der Waals surface area contributed by atoms with Crippen LogP contribution in [0.5, 0.6) is 0 Å². The number of rotatable bonds is 0. The largest absolute Gasteiger partial charge is 0.441 e. The molecule has 2 aliphatic rings. The van der Waals surface area contributed by atoms with Crippen LogP contribution in [0.2, 0.25) is 0 Å². The van der Waals surface area contributed by atoms with Crippen LogP contribution in [-0.4, -0.2) is 31.5 Å². The quantitative estimate of drug-likeness (QED) is 0.582. The van der Waals surface area contributed by atoms with E-state index in [0.29, 0.717) is 13.2 Å². The molecular weight excluding hydrogens is 158 g/mol. The highest BCUT2D eigenvalue weighted by Gasteiger charge is 2.40. The van der Waals surface area contributed by atoms with Gasteiger partial charge < -0.3 is 14.8 Å².